The molecule has 1 aromatic heterocycles. The molecular formula is C43H32N2S. The maximum absolute atomic E-state index is 4.75. The molecule has 0 saturated carbocycles. The van der Waals surface area contributed by atoms with E-state index in [-0.39, 0.29) is 0 Å². The van der Waals surface area contributed by atoms with Crippen LogP contribution >= 0.6 is 11.8 Å². The molecule has 2 nitrogen and oxygen atoms in total. The second kappa shape index (κ2) is 11.8. The van der Waals surface area contributed by atoms with Crippen LogP contribution < -0.4 is 0 Å². The third-order valence-corrected chi connectivity index (χ3v) is 10.0. The zero-order valence-electron chi connectivity index (χ0n) is 25.8. The number of hydrogen-bond donors (Lipinski definition) is 0. The molecule has 0 unspecified atom stereocenters. The fourth-order valence-electron chi connectivity index (χ4n) is 6.55. The van der Waals surface area contributed by atoms with Crippen LogP contribution in [0.4, 0.5) is 5.69 Å². The number of nitrogens with zero attached hydrogens (tertiary/aromatic N) is 2. The van der Waals surface area contributed by atoms with Crippen LogP contribution in [0.3, 0.4) is 0 Å². The van der Waals surface area contributed by atoms with Gasteiger partial charge in [0.25, 0.3) is 0 Å². The van der Waals surface area contributed by atoms with E-state index in [1.807, 2.05) is 24.0 Å². The minimum absolute atomic E-state index is 1.00. The predicted molar refractivity (Wildman–Crippen MR) is 198 cm³/mol. The fourth-order valence-corrected chi connectivity index (χ4v) is 7.51. The first kappa shape index (κ1) is 28.1. The Bertz CT molecular complexity index is 2350. The molecule has 220 valence electrons. The molecule has 6 aromatic carbocycles. The summed E-state index contributed by atoms with van der Waals surface area (Å²) in [5.41, 5.74) is 13.0. The van der Waals surface area contributed by atoms with E-state index in [2.05, 4.69) is 164 Å². The Kier molecular flexibility index (Phi) is 7.24. The summed E-state index contributed by atoms with van der Waals surface area (Å²) in [4.78, 5) is 7.27. The number of fused-ring (bicyclic) bond motifs is 4. The Morgan fingerprint density at radius 2 is 1.35 bits per heavy atom. The van der Waals surface area contributed by atoms with Crippen molar-refractivity contribution in [3.8, 4) is 16.8 Å². The van der Waals surface area contributed by atoms with E-state index in [4.69, 9.17) is 4.99 Å². The Hall–Kier alpha value is -5.38. The molecule has 1 aliphatic rings. The van der Waals surface area contributed by atoms with E-state index in [0.29, 0.717) is 0 Å². The highest BCUT2D eigenvalue weighted by molar-refractivity contribution is 7.99. The third-order valence-electron chi connectivity index (χ3n) is 8.84. The average Bonchev–Trinajstić information content (AvgIpc) is 3.42. The van der Waals surface area contributed by atoms with Crippen LogP contribution in [0.5, 0.6) is 0 Å². The van der Waals surface area contributed by atoms with Crippen molar-refractivity contribution in [3.63, 3.8) is 0 Å². The van der Waals surface area contributed by atoms with Crippen molar-refractivity contribution in [3.05, 3.63) is 168 Å². The maximum Gasteiger partial charge on any atom is 0.0704 e. The molecule has 7 aromatic rings. The van der Waals surface area contributed by atoms with Crippen molar-refractivity contribution in [2.45, 2.75) is 23.6 Å². The van der Waals surface area contributed by atoms with Crippen molar-refractivity contribution in [1.29, 1.82) is 0 Å². The van der Waals surface area contributed by atoms with E-state index >= 15 is 0 Å². The van der Waals surface area contributed by atoms with Crippen LogP contribution in [0.1, 0.15) is 23.6 Å². The van der Waals surface area contributed by atoms with Gasteiger partial charge in [-0.3, -0.25) is 4.99 Å². The van der Waals surface area contributed by atoms with Gasteiger partial charge in [0.1, 0.15) is 0 Å². The number of hydrogen-bond acceptors (Lipinski definition) is 2. The second-order valence-electron chi connectivity index (χ2n) is 11.7. The molecule has 1 aliphatic heterocycles. The van der Waals surface area contributed by atoms with Gasteiger partial charge in [0, 0.05) is 38.0 Å². The number of rotatable bonds is 5. The number of benzene rings is 6. The molecular weight excluding hydrogens is 577 g/mol. The molecule has 0 amide bonds. The standard InChI is InChI=1S/C43H32N2S/c1-29-26-32(24-25-44-40-19-8-6-16-36(29)40)31-22-23-42-39(28-31)38-17-7-9-20-41(38)45(42)34-13-10-12-33(27-34)37-18-11-21-43(30(37)2)46-35-14-4-3-5-15-35/h3-28H,1-2H3/b25-24?,29-26+,32-24+,32-26?,36-29?,44-25-,44-40?. The highest BCUT2D eigenvalue weighted by Gasteiger charge is 2.16. The zero-order valence-corrected chi connectivity index (χ0v) is 26.6. The molecule has 0 aliphatic carbocycles. The molecule has 0 saturated heterocycles. The lowest BCUT2D eigenvalue weighted by molar-refractivity contribution is 1.18. The van der Waals surface area contributed by atoms with Gasteiger partial charge in [0.05, 0.1) is 16.7 Å². The molecule has 46 heavy (non-hydrogen) atoms. The zero-order chi connectivity index (χ0) is 31.0. The fraction of sp³-hybridized carbons (Fsp3) is 0.0465. The lowest BCUT2D eigenvalue weighted by atomic mass is 9.96. The van der Waals surface area contributed by atoms with Gasteiger partial charge in [0.2, 0.25) is 0 Å². The van der Waals surface area contributed by atoms with Gasteiger partial charge in [-0.15, -0.1) is 0 Å². The van der Waals surface area contributed by atoms with Crippen molar-refractivity contribution >= 4 is 56.6 Å². The van der Waals surface area contributed by atoms with Gasteiger partial charge in [-0.1, -0.05) is 103 Å². The number of allylic oxidation sites excluding steroid dienone is 4. The van der Waals surface area contributed by atoms with Gasteiger partial charge in [-0.25, -0.2) is 0 Å². The molecule has 8 rings (SSSR count). The minimum Gasteiger partial charge on any atom is -0.309 e. The number of para-hydroxylation sites is 2. The second-order valence-corrected chi connectivity index (χ2v) is 12.8. The Balaban J connectivity index is 1.22. The average molecular weight is 609 g/mol. The molecule has 2 heterocycles. The SMILES string of the molecule is C\C1=C/C(c2ccc3c(c2)c2ccccc2n3-c2cccc(-c3cccc(Sc4ccccc4)c3C)c2)=C\C=N/c2ccccc21. The summed E-state index contributed by atoms with van der Waals surface area (Å²) in [6, 6.07) is 50.1. The van der Waals surface area contributed by atoms with E-state index in [9.17, 15) is 0 Å². The molecule has 0 N–H and O–H groups in total. The summed E-state index contributed by atoms with van der Waals surface area (Å²) < 4.78 is 2.40. The smallest absolute Gasteiger partial charge is 0.0704 e. The molecule has 0 bridgehead atoms. The first-order valence-electron chi connectivity index (χ1n) is 15.6. The Labute approximate surface area is 274 Å². The molecule has 0 spiro atoms. The van der Waals surface area contributed by atoms with Gasteiger partial charge in [-0.05, 0) is 108 Å². The predicted octanol–water partition coefficient (Wildman–Crippen LogP) is 12.1. The van der Waals surface area contributed by atoms with Gasteiger partial charge >= 0.3 is 0 Å². The molecule has 0 atom stereocenters. The Morgan fingerprint density at radius 3 is 2.26 bits per heavy atom. The van der Waals surface area contributed by atoms with Gasteiger partial charge in [0.15, 0.2) is 0 Å². The molecule has 0 radical (unpaired) electrons. The number of aromatic nitrogens is 1. The highest BCUT2D eigenvalue weighted by atomic mass is 32.2. The van der Waals surface area contributed by atoms with Crippen molar-refractivity contribution < 1.29 is 0 Å². The summed E-state index contributed by atoms with van der Waals surface area (Å²) in [7, 11) is 0. The first-order valence-corrected chi connectivity index (χ1v) is 16.4. The van der Waals surface area contributed by atoms with E-state index in [1.165, 1.54) is 65.0 Å². The largest absolute Gasteiger partial charge is 0.309 e. The van der Waals surface area contributed by atoms with E-state index < -0.39 is 0 Å². The summed E-state index contributed by atoms with van der Waals surface area (Å²) in [6.45, 7) is 4.40. The van der Waals surface area contributed by atoms with E-state index in [0.717, 1.165) is 16.9 Å². The van der Waals surface area contributed by atoms with Crippen LogP contribution in [0.15, 0.2) is 166 Å². The Morgan fingerprint density at radius 1 is 0.587 bits per heavy atom. The topological polar surface area (TPSA) is 17.3 Å². The molecule has 0 fully saturated rings. The summed E-state index contributed by atoms with van der Waals surface area (Å²) in [5, 5.41) is 2.48. The summed E-state index contributed by atoms with van der Waals surface area (Å²) in [6.07, 6.45) is 6.32. The van der Waals surface area contributed by atoms with Crippen LogP contribution in [0.2, 0.25) is 0 Å². The van der Waals surface area contributed by atoms with Crippen molar-refractivity contribution in [2.24, 2.45) is 4.99 Å². The quantitative estimate of drug-likeness (QED) is 0.190. The molecule has 3 heteroatoms. The van der Waals surface area contributed by atoms with E-state index in [1.54, 1.807) is 0 Å². The lowest BCUT2D eigenvalue weighted by Gasteiger charge is -2.14. The highest BCUT2D eigenvalue weighted by Crippen LogP contribution is 2.39. The lowest BCUT2D eigenvalue weighted by Crippen LogP contribution is -1.95. The number of aliphatic imine (C=N–C) groups is 1. The minimum atomic E-state index is 1.00. The van der Waals surface area contributed by atoms with Crippen molar-refractivity contribution in [1.82, 2.24) is 4.57 Å². The van der Waals surface area contributed by atoms with Gasteiger partial charge in [-0.2, -0.15) is 0 Å². The van der Waals surface area contributed by atoms with Crippen LogP contribution in [0.25, 0.3) is 49.8 Å². The van der Waals surface area contributed by atoms with Gasteiger partial charge < -0.3 is 4.57 Å². The summed E-state index contributed by atoms with van der Waals surface area (Å²) in [5.74, 6) is 0. The third kappa shape index (κ3) is 5.09. The maximum atomic E-state index is 4.75. The van der Waals surface area contributed by atoms with Crippen LogP contribution in [0, 0.1) is 6.92 Å². The normalized spacial score (nSPS) is 15.8. The van der Waals surface area contributed by atoms with Crippen molar-refractivity contribution in [2.75, 3.05) is 0 Å². The summed E-state index contributed by atoms with van der Waals surface area (Å²) >= 11 is 1.82. The van der Waals surface area contributed by atoms with Crippen LogP contribution in [-0.2, 0) is 0 Å². The monoisotopic (exact) mass is 608 g/mol. The first-order chi connectivity index (χ1) is 22.6. The van der Waals surface area contributed by atoms with Crippen LogP contribution in [-0.4, -0.2) is 10.8 Å².